The SMILES string of the molecule is CC(=O)Nc1ccc(C(=O)Nc2nc(C(C)=O)cs2)cc1. The van der Waals surface area contributed by atoms with Crippen molar-refractivity contribution in [1.82, 2.24) is 4.98 Å². The number of hydrogen-bond donors (Lipinski definition) is 2. The van der Waals surface area contributed by atoms with E-state index in [0.717, 1.165) is 0 Å². The van der Waals surface area contributed by atoms with E-state index in [2.05, 4.69) is 15.6 Å². The number of hydrogen-bond acceptors (Lipinski definition) is 5. The van der Waals surface area contributed by atoms with Gasteiger partial charge in [0.1, 0.15) is 5.69 Å². The van der Waals surface area contributed by atoms with E-state index in [0.29, 0.717) is 22.1 Å². The molecule has 0 saturated carbocycles. The van der Waals surface area contributed by atoms with Crippen molar-refractivity contribution in [2.45, 2.75) is 13.8 Å². The second-order valence-electron chi connectivity index (χ2n) is 4.31. The van der Waals surface area contributed by atoms with Crippen LogP contribution in [0.3, 0.4) is 0 Å². The number of rotatable bonds is 4. The van der Waals surface area contributed by atoms with Gasteiger partial charge in [0.25, 0.3) is 5.91 Å². The number of nitrogens with zero attached hydrogens (tertiary/aromatic N) is 1. The first-order valence-corrected chi connectivity index (χ1v) is 6.99. The lowest BCUT2D eigenvalue weighted by molar-refractivity contribution is -0.114. The zero-order valence-electron chi connectivity index (χ0n) is 11.5. The summed E-state index contributed by atoms with van der Waals surface area (Å²) in [7, 11) is 0. The molecular formula is C14H13N3O3S. The van der Waals surface area contributed by atoms with Crippen LogP contribution in [0.2, 0.25) is 0 Å². The van der Waals surface area contributed by atoms with Crippen LogP contribution in [0.1, 0.15) is 34.7 Å². The van der Waals surface area contributed by atoms with E-state index in [1.165, 1.54) is 25.2 Å². The summed E-state index contributed by atoms with van der Waals surface area (Å²) in [4.78, 5) is 38.1. The van der Waals surface area contributed by atoms with Gasteiger partial charge in [0.05, 0.1) is 0 Å². The summed E-state index contributed by atoms with van der Waals surface area (Å²) < 4.78 is 0. The van der Waals surface area contributed by atoms with Crippen LogP contribution in [0.15, 0.2) is 29.6 Å². The number of amides is 2. The molecule has 2 rings (SSSR count). The number of Topliss-reactive ketones (excluding diaryl/α,β-unsaturated/α-hetero) is 1. The van der Waals surface area contributed by atoms with Crippen LogP contribution < -0.4 is 10.6 Å². The number of anilines is 2. The van der Waals surface area contributed by atoms with Gasteiger partial charge >= 0.3 is 0 Å². The lowest BCUT2D eigenvalue weighted by atomic mass is 10.2. The number of benzene rings is 1. The molecule has 7 heteroatoms. The summed E-state index contributed by atoms with van der Waals surface area (Å²) in [5.74, 6) is -0.646. The Morgan fingerprint density at radius 2 is 1.71 bits per heavy atom. The molecule has 0 bridgehead atoms. The highest BCUT2D eigenvalue weighted by Crippen LogP contribution is 2.17. The normalized spacial score (nSPS) is 10.0. The largest absolute Gasteiger partial charge is 0.326 e. The molecule has 108 valence electrons. The third-order valence-electron chi connectivity index (χ3n) is 2.55. The van der Waals surface area contributed by atoms with Crippen LogP contribution in [0.25, 0.3) is 0 Å². The van der Waals surface area contributed by atoms with Crippen LogP contribution in [-0.2, 0) is 4.79 Å². The van der Waals surface area contributed by atoms with Crippen LogP contribution in [-0.4, -0.2) is 22.6 Å². The first kappa shape index (κ1) is 14.9. The van der Waals surface area contributed by atoms with Gasteiger partial charge in [-0.1, -0.05) is 0 Å². The molecule has 0 saturated heterocycles. The van der Waals surface area contributed by atoms with Gasteiger partial charge < -0.3 is 5.32 Å². The van der Waals surface area contributed by atoms with E-state index in [1.54, 1.807) is 29.6 Å². The molecule has 1 heterocycles. The van der Waals surface area contributed by atoms with Crippen molar-refractivity contribution >= 4 is 39.8 Å². The molecule has 1 aromatic heterocycles. The maximum atomic E-state index is 12.0. The van der Waals surface area contributed by atoms with Crippen molar-refractivity contribution < 1.29 is 14.4 Å². The van der Waals surface area contributed by atoms with Gasteiger partial charge in [-0.3, -0.25) is 19.7 Å². The standard InChI is InChI=1S/C14H13N3O3S/c1-8(18)12-7-21-14(16-12)17-13(20)10-3-5-11(6-4-10)15-9(2)19/h3-7H,1-2H3,(H,15,19)(H,16,17,20). The summed E-state index contributed by atoms with van der Waals surface area (Å²) in [5.41, 5.74) is 1.38. The predicted molar refractivity (Wildman–Crippen MR) is 80.8 cm³/mol. The molecule has 0 aliphatic heterocycles. The highest BCUT2D eigenvalue weighted by Gasteiger charge is 2.10. The molecule has 2 N–H and O–H groups in total. The molecule has 2 amide bonds. The lowest BCUT2D eigenvalue weighted by Crippen LogP contribution is -2.12. The van der Waals surface area contributed by atoms with Crippen molar-refractivity contribution in [1.29, 1.82) is 0 Å². The van der Waals surface area contributed by atoms with Crippen LogP contribution in [0.5, 0.6) is 0 Å². The number of ketones is 1. The molecular weight excluding hydrogens is 290 g/mol. The third kappa shape index (κ3) is 3.96. The van der Waals surface area contributed by atoms with Crippen LogP contribution >= 0.6 is 11.3 Å². The number of carbonyl (C=O) groups excluding carboxylic acids is 3. The molecule has 0 aliphatic carbocycles. The van der Waals surface area contributed by atoms with Gasteiger partial charge in [0.2, 0.25) is 5.91 Å². The zero-order chi connectivity index (χ0) is 15.4. The summed E-state index contributed by atoms with van der Waals surface area (Å²) in [6.07, 6.45) is 0. The van der Waals surface area contributed by atoms with E-state index in [-0.39, 0.29) is 17.6 Å². The van der Waals surface area contributed by atoms with Crippen molar-refractivity contribution in [3.63, 3.8) is 0 Å². The Morgan fingerprint density at radius 1 is 1.05 bits per heavy atom. The molecule has 0 spiro atoms. The summed E-state index contributed by atoms with van der Waals surface area (Å²) >= 11 is 1.19. The maximum Gasteiger partial charge on any atom is 0.257 e. The third-order valence-corrected chi connectivity index (χ3v) is 3.31. The Labute approximate surface area is 125 Å². The van der Waals surface area contributed by atoms with Gasteiger partial charge in [-0.05, 0) is 24.3 Å². The first-order valence-electron chi connectivity index (χ1n) is 6.11. The molecule has 0 atom stereocenters. The average molecular weight is 303 g/mol. The number of carbonyl (C=O) groups is 3. The van der Waals surface area contributed by atoms with E-state index in [9.17, 15) is 14.4 Å². The Kier molecular flexibility index (Phi) is 4.44. The van der Waals surface area contributed by atoms with Crippen molar-refractivity contribution in [2.75, 3.05) is 10.6 Å². The van der Waals surface area contributed by atoms with Crippen LogP contribution in [0.4, 0.5) is 10.8 Å². The van der Waals surface area contributed by atoms with Crippen molar-refractivity contribution in [2.24, 2.45) is 0 Å². The van der Waals surface area contributed by atoms with Crippen molar-refractivity contribution in [3.8, 4) is 0 Å². The smallest absolute Gasteiger partial charge is 0.257 e. The summed E-state index contributed by atoms with van der Waals surface area (Å²) in [5, 5.41) is 7.21. The predicted octanol–water partition coefficient (Wildman–Crippen LogP) is 2.56. The lowest BCUT2D eigenvalue weighted by Gasteiger charge is -2.04. The molecule has 0 fully saturated rings. The molecule has 0 unspecified atom stereocenters. The fourth-order valence-electron chi connectivity index (χ4n) is 1.57. The van der Waals surface area contributed by atoms with Gasteiger partial charge in [-0.2, -0.15) is 0 Å². The monoisotopic (exact) mass is 303 g/mol. The Bertz CT molecular complexity index is 692. The fourth-order valence-corrected chi connectivity index (χ4v) is 2.31. The number of aromatic nitrogens is 1. The van der Waals surface area contributed by atoms with Gasteiger partial charge in [0, 0.05) is 30.5 Å². The summed E-state index contributed by atoms with van der Waals surface area (Å²) in [6, 6.07) is 6.47. The van der Waals surface area contributed by atoms with E-state index in [1.807, 2.05) is 0 Å². The topological polar surface area (TPSA) is 88.2 Å². The maximum absolute atomic E-state index is 12.0. The Balaban J connectivity index is 2.05. The molecule has 2 aromatic rings. The van der Waals surface area contributed by atoms with E-state index >= 15 is 0 Å². The number of nitrogens with one attached hydrogen (secondary N) is 2. The van der Waals surface area contributed by atoms with E-state index in [4.69, 9.17) is 0 Å². The minimum Gasteiger partial charge on any atom is -0.326 e. The minimum absolute atomic E-state index is 0.147. The highest BCUT2D eigenvalue weighted by molar-refractivity contribution is 7.14. The molecule has 0 radical (unpaired) electrons. The quantitative estimate of drug-likeness (QED) is 0.850. The summed E-state index contributed by atoms with van der Waals surface area (Å²) in [6.45, 7) is 2.83. The Morgan fingerprint density at radius 3 is 2.24 bits per heavy atom. The molecule has 0 aliphatic rings. The van der Waals surface area contributed by atoms with Crippen molar-refractivity contribution in [3.05, 3.63) is 40.9 Å². The minimum atomic E-state index is -0.325. The fraction of sp³-hybridized carbons (Fsp3) is 0.143. The van der Waals surface area contributed by atoms with Gasteiger partial charge in [-0.25, -0.2) is 4.98 Å². The zero-order valence-corrected chi connectivity index (χ0v) is 12.3. The first-order chi connectivity index (χ1) is 9.95. The highest BCUT2D eigenvalue weighted by atomic mass is 32.1. The number of thiazole rings is 1. The van der Waals surface area contributed by atoms with Gasteiger partial charge in [0.15, 0.2) is 10.9 Å². The molecule has 1 aromatic carbocycles. The molecule has 21 heavy (non-hydrogen) atoms. The second kappa shape index (κ2) is 6.27. The second-order valence-corrected chi connectivity index (χ2v) is 5.16. The average Bonchev–Trinajstić information content (AvgIpc) is 2.87. The van der Waals surface area contributed by atoms with Gasteiger partial charge in [-0.15, -0.1) is 11.3 Å². The van der Waals surface area contributed by atoms with Crippen LogP contribution in [0, 0.1) is 0 Å². The molecule has 6 nitrogen and oxygen atoms in total. The Hall–Kier alpha value is -2.54. The van der Waals surface area contributed by atoms with E-state index < -0.39 is 0 Å².